The van der Waals surface area contributed by atoms with Gasteiger partial charge in [-0.3, -0.25) is 4.57 Å². The zero-order chi connectivity index (χ0) is 22.7. The van der Waals surface area contributed by atoms with Gasteiger partial charge in [-0.15, -0.1) is 10.2 Å². The fourth-order valence-electron chi connectivity index (χ4n) is 3.09. The molecular weight excluding hydrogens is 444 g/mol. The van der Waals surface area contributed by atoms with Gasteiger partial charge >= 0.3 is 0 Å². The van der Waals surface area contributed by atoms with E-state index in [-0.39, 0.29) is 11.2 Å². The molecule has 10 heteroatoms. The number of hydrogen-bond donors (Lipinski definition) is 1. The first kappa shape index (κ1) is 22.0. The minimum absolute atomic E-state index is 0.115. The lowest BCUT2D eigenvalue weighted by molar-refractivity contribution is 0.711. The highest BCUT2D eigenvalue weighted by atomic mass is 35.5. The monoisotopic (exact) mass is 466 g/mol. The summed E-state index contributed by atoms with van der Waals surface area (Å²) in [6.07, 6.45) is 0. The van der Waals surface area contributed by atoms with Crippen LogP contribution in [0.4, 0.5) is 11.9 Å². The van der Waals surface area contributed by atoms with Crippen molar-refractivity contribution in [2.75, 3.05) is 24.7 Å². The molecule has 0 saturated heterocycles. The SMILES string of the molecule is CC(Sc1nnc(-c2ccc(Cl)cc2)n1Cc1ccccc1)c1nc(N)nc(N(C)C)n1. The predicted octanol–water partition coefficient (Wildman–Crippen LogP) is 4.33. The van der Waals surface area contributed by atoms with Gasteiger partial charge in [-0.05, 0) is 36.8 Å². The lowest BCUT2D eigenvalue weighted by Crippen LogP contribution is -2.16. The number of rotatable bonds is 7. The number of nitrogens with zero attached hydrogens (tertiary/aromatic N) is 7. The van der Waals surface area contributed by atoms with Gasteiger partial charge in [0.15, 0.2) is 11.0 Å². The molecule has 2 heterocycles. The van der Waals surface area contributed by atoms with Crippen LogP contribution in [0.5, 0.6) is 0 Å². The molecule has 164 valence electrons. The van der Waals surface area contributed by atoms with E-state index in [9.17, 15) is 0 Å². The second-order valence-corrected chi connectivity index (χ2v) is 9.14. The Bertz CT molecular complexity index is 1190. The number of nitrogen functional groups attached to an aromatic ring is 1. The number of aromatic nitrogens is 6. The molecule has 2 N–H and O–H groups in total. The minimum atomic E-state index is -0.115. The number of hydrogen-bond acceptors (Lipinski definition) is 8. The maximum atomic E-state index is 6.08. The van der Waals surface area contributed by atoms with Crippen LogP contribution >= 0.6 is 23.4 Å². The van der Waals surface area contributed by atoms with Gasteiger partial charge in [0, 0.05) is 24.7 Å². The fraction of sp³-hybridized carbons (Fsp3) is 0.227. The van der Waals surface area contributed by atoms with Crippen LogP contribution in [0.15, 0.2) is 59.8 Å². The second kappa shape index (κ2) is 9.54. The number of halogens is 1. The highest BCUT2D eigenvalue weighted by molar-refractivity contribution is 7.99. The van der Waals surface area contributed by atoms with Crippen molar-refractivity contribution in [3.63, 3.8) is 0 Å². The van der Waals surface area contributed by atoms with Crippen LogP contribution in [-0.4, -0.2) is 43.8 Å². The summed E-state index contributed by atoms with van der Waals surface area (Å²) in [6.45, 7) is 2.64. The van der Waals surface area contributed by atoms with Crippen molar-refractivity contribution in [2.45, 2.75) is 23.9 Å². The molecular formula is C22H23ClN8S. The van der Waals surface area contributed by atoms with Crippen LogP contribution in [0.25, 0.3) is 11.4 Å². The molecule has 2 aromatic heterocycles. The minimum Gasteiger partial charge on any atom is -0.368 e. The molecule has 4 rings (SSSR count). The van der Waals surface area contributed by atoms with Gasteiger partial charge in [0.05, 0.1) is 11.8 Å². The molecule has 1 atom stereocenters. The van der Waals surface area contributed by atoms with E-state index < -0.39 is 0 Å². The zero-order valence-corrected chi connectivity index (χ0v) is 19.5. The molecule has 0 amide bonds. The van der Waals surface area contributed by atoms with E-state index in [1.54, 1.807) is 4.90 Å². The summed E-state index contributed by atoms with van der Waals surface area (Å²) >= 11 is 7.61. The van der Waals surface area contributed by atoms with Gasteiger partial charge in [0.25, 0.3) is 0 Å². The van der Waals surface area contributed by atoms with Gasteiger partial charge < -0.3 is 10.6 Å². The van der Waals surface area contributed by atoms with Crippen LogP contribution in [0, 0.1) is 0 Å². The first-order valence-electron chi connectivity index (χ1n) is 9.99. The third-order valence-electron chi connectivity index (χ3n) is 4.71. The van der Waals surface area contributed by atoms with Crippen LogP contribution in [0.3, 0.4) is 0 Å². The average Bonchev–Trinajstić information content (AvgIpc) is 3.16. The summed E-state index contributed by atoms with van der Waals surface area (Å²) in [7, 11) is 3.73. The standard InChI is InChI=1S/C22H23ClN8S/c1-14(18-25-20(24)27-21(26-18)30(2)3)32-22-29-28-19(16-9-11-17(23)12-10-16)31(22)13-15-7-5-4-6-8-15/h4-12,14H,13H2,1-3H3,(H2,24,25,26,27). The van der Waals surface area contributed by atoms with Gasteiger partial charge in [0.2, 0.25) is 11.9 Å². The third kappa shape index (κ3) is 5.00. The molecule has 0 radical (unpaired) electrons. The third-order valence-corrected chi connectivity index (χ3v) is 6.04. The lowest BCUT2D eigenvalue weighted by Gasteiger charge is -2.15. The molecule has 0 bridgehead atoms. The van der Waals surface area contributed by atoms with Gasteiger partial charge in [-0.25, -0.2) is 0 Å². The van der Waals surface area contributed by atoms with Crippen LogP contribution < -0.4 is 10.6 Å². The second-order valence-electron chi connectivity index (χ2n) is 7.39. The number of nitrogens with two attached hydrogens (primary N) is 1. The van der Waals surface area contributed by atoms with Crippen molar-refractivity contribution in [2.24, 2.45) is 0 Å². The Morgan fingerprint density at radius 3 is 2.41 bits per heavy atom. The molecule has 0 saturated carbocycles. The van der Waals surface area contributed by atoms with E-state index in [1.165, 1.54) is 11.8 Å². The van der Waals surface area contributed by atoms with E-state index in [2.05, 4.69) is 41.8 Å². The zero-order valence-electron chi connectivity index (χ0n) is 18.0. The highest BCUT2D eigenvalue weighted by Crippen LogP contribution is 2.35. The van der Waals surface area contributed by atoms with Gasteiger partial charge in [0.1, 0.15) is 5.82 Å². The summed E-state index contributed by atoms with van der Waals surface area (Å²) in [5.41, 5.74) is 8.00. The maximum Gasteiger partial charge on any atom is 0.229 e. The molecule has 0 spiro atoms. The molecule has 0 aliphatic rings. The Balaban J connectivity index is 1.70. The van der Waals surface area contributed by atoms with Crippen molar-refractivity contribution >= 4 is 35.3 Å². The van der Waals surface area contributed by atoms with Gasteiger partial charge in [-0.1, -0.05) is 53.7 Å². The number of anilines is 2. The Morgan fingerprint density at radius 2 is 1.72 bits per heavy atom. The van der Waals surface area contributed by atoms with E-state index in [0.29, 0.717) is 23.3 Å². The molecule has 0 fully saturated rings. The first-order valence-corrected chi connectivity index (χ1v) is 11.2. The summed E-state index contributed by atoms with van der Waals surface area (Å²) in [4.78, 5) is 14.9. The largest absolute Gasteiger partial charge is 0.368 e. The highest BCUT2D eigenvalue weighted by Gasteiger charge is 2.21. The molecule has 1 unspecified atom stereocenters. The van der Waals surface area contributed by atoms with Crippen molar-refractivity contribution in [3.05, 3.63) is 71.0 Å². The average molecular weight is 467 g/mol. The molecule has 0 aliphatic heterocycles. The van der Waals surface area contributed by atoms with E-state index in [1.807, 2.05) is 63.5 Å². The number of benzene rings is 2. The van der Waals surface area contributed by atoms with Crippen LogP contribution in [0.2, 0.25) is 5.02 Å². The van der Waals surface area contributed by atoms with Crippen molar-refractivity contribution in [3.8, 4) is 11.4 Å². The summed E-state index contributed by atoms with van der Waals surface area (Å²) in [5.74, 6) is 2.07. The molecule has 8 nitrogen and oxygen atoms in total. The molecule has 2 aromatic carbocycles. The Hall–Kier alpha value is -3.17. The van der Waals surface area contributed by atoms with Gasteiger partial charge in [-0.2, -0.15) is 15.0 Å². The topological polar surface area (TPSA) is 98.6 Å². The molecule has 32 heavy (non-hydrogen) atoms. The smallest absolute Gasteiger partial charge is 0.229 e. The normalized spacial score (nSPS) is 12.0. The molecule has 4 aromatic rings. The van der Waals surface area contributed by atoms with Crippen molar-refractivity contribution in [1.82, 2.24) is 29.7 Å². The summed E-state index contributed by atoms with van der Waals surface area (Å²) < 4.78 is 2.09. The van der Waals surface area contributed by atoms with E-state index >= 15 is 0 Å². The van der Waals surface area contributed by atoms with Crippen LogP contribution in [-0.2, 0) is 6.54 Å². The first-order chi connectivity index (χ1) is 15.4. The van der Waals surface area contributed by atoms with E-state index in [0.717, 1.165) is 22.1 Å². The Labute approximate surface area is 195 Å². The fourth-order valence-corrected chi connectivity index (χ4v) is 4.11. The quantitative estimate of drug-likeness (QED) is 0.402. The number of thioether (sulfide) groups is 1. The predicted molar refractivity (Wildman–Crippen MR) is 129 cm³/mol. The summed E-state index contributed by atoms with van der Waals surface area (Å²) in [5, 5.41) is 10.3. The van der Waals surface area contributed by atoms with Crippen LogP contribution in [0.1, 0.15) is 23.6 Å². The van der Waals surface area contributed by atoms with E-state index in [4.69, 9.17) is 17.3 Å². The van der Waals surface area contributed by atoms with Crippen molar-refractivity contribution < 1.29 is 0 Å². The van der Waals surface area contributed by atoms with Crippen molar-refractivity contribution in [1.29, 1.82) is 0 Å². The maximum absolute atomic E-state index is 6.08. The Kier molecular flexibility index (Phi) is 6.57. The lowest BCUT2D eigenvalue weighted by atomic mass is 10.2. The Morgan fingerprint density at radius 1 is 1.00 bits per heavy atom. The molecule has 0 aliphatic carbocycles. The summed E-state index contributed by atoms with van der Waals surface area (Å²) in [6, 6.07) is 17.8.